The molecule has 52 heavy (non-hydrogen) atoms. The van der Waals surface area contributed by atoms with Crippen LogP contribution in [0.1, 0.15) is 116 Å². The van der Waals surface area contributed by atoms with Crippen LogP contribution in [0.5, 0.6) is 5.75 Å². The summed E-state index contributed by atoms with van der Waals surface area (Å²) in [7, 11) is 1.74. The Morgan fingerprint density at radius 1 is 0.923 bits per heavy atom. The summed E-state index contributed by atoms with van der Waals surface area (Å²) in [5.41, 5.74) is 4.79. The fourth-order valence-corrected chi connectivity index (χ4v) is 9.39. The van der Waals surface area contributed by atoms with E-state index in [1.807, 2.05) is 32.9 Å². The summed E-state index contributed by atoms with van der Waals surface area (Å²) >= 11 is 0. The van der Waals surface area contributed by atoms with Gasteiger partial charge in [-0.05, 0) is 156 Å². The van der Waals surface area contributed by atoms with E-state index in [0.29, 0.717) is 25.3 Å². The molecular weight excluding hydrogens is 651 g/mol. The Labute approximate surface area is 310 Å². The lowest BCUT2D eigenvalue weighted by molar-refractivity contribution is -0.124. The van der Waals surface area contributed by atoms with Crippen LogP contribution >= 0.6 is 0 Å². The molecule has 4 aliphatic carbocycles. The van der Waals surface area contributed by atoms with Crippen molar-refractivity contribution in [3.8, 4) is 16.9 Å². The quantitative estimate of drug-likeness (QED) is 0.232. The van der Waals surface area contributed by atoms with E-state index in [1.165, 1.54) is 11.1 Å². The van der Waals surface area contributed by atoms with Crippen molar-refractivity contribution in [1.82, 2.24) is 19.7 Å². The SMILES string of the molecule is COc1ccc(C23CCC(CN(C(=O)C4CCC(OC(=O)N5CCC(C)CC5)CC4)c4cc(-c5cnn(C(C)(C)C)c5)ccn4)(CC2)CC3)cc1C. The smallest absolute Gasteiger partial charge is 0.410 e. The third-order valence-corrected chi connectivity index (χ3v) is 13.1. The predicted octanol–water partition coefficient (Wildman–Crippen LogP) is 9.07. The Morgan fingerprint density at radius 3 is 2.23 bits per heavy atom. The molecule has 8 rings (SSSR count). The number of aryl methyl sites for hydroxylation is 1. The number of ether oxygens (including phenoxy) is 2. The third-order valence-electron chi connectivity index (χ3n) is 13.1. The van der Waals surface area contributed by atoms with Gasteiger partial charge >= 0.3 is 6.09 Å². The highest BCUT2D eigenvalue weighted by Gasteiger charge is 2.51. The van der Waals surface area contributed by atoms with Crippen molar-refractivity contribution in [2.75, 3.05) is 31.6 Å². The maximum absolute atomic E-state index is 14.8. The molecule has 9 heteroatoms. The number of hydrogen-bond acceptors (Lipinski definition) is 6. The molecule has 0 atom stereocenters. The first kappa shape index (κ1) is 36.5. The second-order valence-corrected chi connectivity index (χ2v) is 17.7. The van der Waals surface area contributed by atoms with E-state index < -0.39 is 0 Å². The molecule has 1 aromatic carbocycles. The van der Waals surface area contributed by atoms with Crippen molar-refractivity contribution >= 4 is 17.8 Å². The van der Waals surface area contributed by atoms with E-state index in [-0.39, 0.29) is 40.4 Å². The molecular formula is C43H59N5O4. The minimum absolute atomic E-state index is 0.0619. The summed E-state index contributed by atoms with van der Waals surface area (Å²) in [5, 5.41) is 4.65. The van der Waals surface area contributed by atoms with Crippen LogP contribution in [0.3, 0.4) is 0 Å². The van der Waals surface area contributed by atoms with Gasteiger partial charge in [-0.25, -0.2) is 9.78 Å². The average Bonchev–Trinajstić information content (AvgIpc) is 3.67. The number of likely N-dealkylation sites (tertiary alicyclic amines) is 1. The van der Waals surface area contributed by atoms with Crippen molar-refractivity contribution < 1.29 is 19.1 Å². The van der Waals surface area contributed by atoms with Crippen LogP contribution in [-0.4, -0.2) is 64.5 Å². The fourth-order valence-electron chi connectivity index (χ4n) is 9.39. The molecule has 0 radical (unpaired) electrons. The summed E-state index contributed by atoms with van der Waals surface area (Å²) in [5.74, 6) is 2.37. The number of nitrogens with zero attached hydrogens (tertiary/aromatic N) is 5. The molecule has 0 unspecified atom stereocenters. The van der Waals surface area contributed by atoms with Gasteiger partial charge < -0.3 is 14.4 Å². The number of methoxy groups -OCH3 is 1. The third kappa shape index (κ3) is 7.47. The highest BCUT2D eigenvalue weighted by Crippen LogP contribution is 2.58. The van der Waals surface area contributed by atoms with Crippen LogP contribution in [0.2, 0.25) is 0 Å². The monoisotopic (exact) mass is 709 g/mol. The standard InChI is InChI=1S/C43H59N5O4/c1-30-14-23-46(24-15-30)40(50)52-36-10-7-32(8-11-36)39(49)47(38-26-33(13-22-44-38)34-27-45-48(28-34)41(3,4)5)29-42-16-19-43(20-17-42,21-18-42)35-9-12-37(51-6)31(2)25-35/h9,12-13,22,25-28,30,32,36H,7-8,10-11,14-21,23-24,29H2,1-6H3. The summed E-state index contributed by atoms with van der Waals surface area (Å²) in [6, 6.07) is 10.8. The number of anilines is 1. The first-order valence-corrected chi connectivity index (χ1v) is 19.8. The molecule has 9 nitrogen and oxygen atoms in total. The molecule has 0 spiro atoms. The maximum Gasteiger partial charge on any atom is 0.410 e. The molecule has 5 aliphatic rings. The van der Waals surface area contributed by atoms with Crippen LogP contribution in [-0.2, 0) is 20.5 Å². The Balaban J connectivity index is 1.09. The van der Waals surface area contributed by atoms with Crippen molar-refractivity contribution in [2.24, 2.45) is 17.3 Å². The highest BCUT2D eigenvalue weighted by molar-refractivity contribution is 5.95. The Kier molecular flexibility index (Phi) is 10.2. The van der Waals surface area contributed by atoms with E-state index >= 15 is 0 Å². The number of piperidine rings is 1. The van der Waals surface area contributed by atoms with E-state index in [9.17, 15) is 9.59 Å². The van der Waals surface area contributed by atoms with Gasteiger partial charge in [-0.1, -0.05) is 19.1 Å². The number of pyridine rings is 1. The van der Waals surface area contributed by atoms with Crippen LogP contribution in [0.15, 0.2) is 48.9 Å². The van der Waals surface area contributed by atoms with Crippen LogP contribution in [0, 0.1) is 24.2 Å². The molecule has 2 aromatic heterocycles. The van der Waals surface area contributed by atoms with Gasteiger partial charge in [0.1, 0.15) is 17.7 Å². The van der Waals surface area contributed by atoms with E-state index in [4.69, 9.17) is 14.5 Å². The topological polar surface area (TPSA) is 89.8 Å². The van der Waals surface area contributed by atoms with E-state index in [0.717, 1.165) is 100.0 Å². The molecule has 1 aliphatic heterocycles. The maximum atomic E-state index is 14.8. The second kappa shape index (κ2) is 14.5. The van der Waals surface area contributed by atoms with Crippen molar-refractivity contribution in [1.29, 1.82) is 0 Å². The lowest BCUT2D eigenvalue weighted by Crippen LogP contribution is -2.52. The van der Waals surface area contributed by atoms with Gasteiger partial charge in [-0.15, -0.1) is 0 Å². The van der Waals surface area contributed by atoms with Gasteiger partial charge in [0.15, 0.2) is 0 Å². The zero-order valence-corrected chi connectivity index (χ0v) is 32.3. The van der Waals surface area contributed by atoms with Gasteiger partial charge in [0.25, 0.3) is 0 Å². The zero-order chi connectivity index (χ0) is 36.7. The van der Waals surface area contributed by atoms with Gasteiger partial charge in [-0.3, -0.25) is 14.4 Å². The lowest BCUT2D eigenvalue weighted by atomic mass is 9.51. The number of benzene rings is 1. The number of hydrogen-bond donors (Lipinski definition) is 0. The number of aromatic nitrogens is 3. The van der Waals surface area contributed by atoms with Gasteiger partial charge in [-0.2, -0.15) is 5.10 Å². The fraction of sp³-hybridized carbons (Fsp3) is 0.628. The zero-order valence-electron chi connectivity index (χ0n) is 32.3. The molecule has 3 heterocycles. The molecule has 5 fully saturated rings. The van der Waals surface area contributed by atoms with E-state index in [2.05, 4.69) is 70.2 Å². The molecule has 2 bridgehead atoms. The van der Waals surface area contributed by atoms with Crippen LogP contribution in [0.25, 0.3) is 11.1 Å². The molecule has 2 amide bonds. The summed E-state index contributed by atoms with van der Waals surface area (Å²) in [6.45, 7) is 13.0. The van der Waals surface area contributed by atoms with Gasteiger partial charge in [0.2, 0.25) is 5.91 Å². The highest BCUT2D eigenvalue weighted by atomic mass is 16.6. The minimum atomic E-state index is -0.186. The van der Waals surface area contributed by atoms with Crippen molar-refractivity contribution in [2.45, 2.75) is 129 Å². The minimum Gasteiger partial charge on any atom is -0.496 e. The normalized spacial score (nSPS) is 26.6. The summed E-state index contributed by atoms with van der Waals surface area (Å²) in [4.78, 5) is 36.5. The number of amides is 2. The molecule has 1 saturated heterocycles. The first-order valence-electron chi connectivity index (χ1n) is 19.8. The number of carbonyl (C=O) groups excluding carboxylic acids is 2. The number of fused-ring (bicyclic) bond motifs is 3. The number of carbonyl (C=O) groups is 2. The molecule has 4 saturated carbocycles. The van der Waals surface area contributed by atoms with E-state index in [1.54, 1.807) is 7.11 Å². The largest absolute Gasteiger partial charge is 0.496 e. The van der Waals surface area contributed by atoms with Gasteiger partial charge in [0, 0.05) is 43.5 Å². The Hall–Kier alpha value is -3.88. The second-order valence-electron chi connectivity index (χ2n) is 17.7. The van der Waals surface area contributed by atoms with Crippen molar-refractivity contribution in [3.63, 3.8) is 0 Å². The Bertz CT molecular complexity index is 1720. The number of rotatable bonds is 8. The lowest BCUT2D eigenvalue weighted by Gasteiger charge is -2.55. The van der Waals surface area contributed by atoms with Crippen molar-refractivity contribution in [3.05, 3.63) is 60.0 Å². The summed E-state index contributed by atoms with van der Waals surface area (Å²) in [6.07, 6.45) is 17.1. The first-order chi connectivity index (χ1) is 24.9. The predicted molar refractivity (Wildman–Crippen MR) is 205 cm³/mol. The summed E-state index contributed by atoms with van der Waals surface area (Å²) < 4.78 is 13.5. The molecule has 280 valence electrons. The Morgan fingerprint density at radius 2 is 1.62 bits per heavy atom. The molecule has 0 N–H and O–H groups in total. The average molecular weight is 710 g/mol. The van der Waals surface area contributed by atoms with Crippen LogP contribution in [0.4, 0.5) is 10.6 Å². The van der Waals surface area contributed by atoms with Gasteiger partial charge in [0.05, 0.1) is 18.8 Å². The van der Waals surface area contributed by atoms with Crippen LogP contribution < -0.4 is 9.64 Å². The molecule has 3 aromatic rings.